The summed E-state index contributed by atoms with van der Waals surface area (Å²) in [6.45, 7) is 3.34. The Kier molecular flexibility index (Phi) is 2.72. The van der Waals surface area contributed by atoms with Gasteiger partial charge in [-0.1, -0.05) is 6.92 Å². The van der Waals surface area contributed by atoms with Gasteiger partial charge in [0, 0.05) is 19.1 Å². The number of carbonyl (C=O) groups excluding carboxylic acids is 1. The number of hydrogen-bond donors (Lipinski definition) is 1. The van der Waals surface area contributed by atoms with Gasteiger partial charge in [-0.3, -0.25) is 0 Å². The molecule has 18 heavy (non-hydrogen) atoms. The van der Waals surface area contributed by atoms with Crippen molar-refractivity contribution in [3.05, 3.63) is 0 Å². The molecule has 1 saturated carbocycles. The molecule has 2 aliphatic heterocycles. The molecule has 0 aromatic rings. The minimum atomic E-state index is -0.863. The van der Waals surface area contributed by atoms with Crippen molar-refractivity contribution in [3.63, 3.8) is 0 Å². The number of amides is 2. The van der Waals surface area contributed by atoms with Gasteiger partial charge >= 0.3 is 12.0 Å². The molecule has 4 atom stereocenters. The van der Waals surface area contributed by atoms with Gasteiger partial charge in [-0.25, -0.2) is 9.59 Å². The Morgan fingerprint density at radius 3 is 2.50 bits per heavy atom. The van der Waals surface area contributed by atoms with Gasteiger partial charge in [0.25, 0.3) is 0 Å². The monoisotopic (exact) mass is 252 g/mol. The largest absolute Gasteiger partial charge is 0.480 e. The average molecular weight is 252 g/mol. The van der Waals surface area contributed by atoms with Crippen LogP contribution in [0.4, 0.5) is 4.79 Å². The number of hydrogen-bond acceptors (Lipinski definition) is 2. The molecule has 1 N–H and O–H groups in total. The number of carboxylic acids is 1. The first-order valence-electron chi connectivity index (χ1n) is 6.88. The number of carbonyl (C=O) groups is 2. The van der Waals surface area contributed by atoms with Gasteiger partial charge in [0.05, 0.1) is 0 Å². The third-order valence-electron chi connectivity index (χ3n) is 4.85. The van der Waals surface area contributed by atoms with E-state index in [0.29, 0.717) is 18.5 Å². The van der Waals surface area contributed by atoms with E-state index in [1.54, 1.807) is 4.90 Å². The predicted octanol–water partition coefficient (Wildman–Crippen LogP) is 1.39. The lowest BCUT2D eigenvalue weighted by Gasteiger charge is -2.33. The molecule has 4 unspecified atom stereocenters. The zero-order chi connectivity index (χ0) is 12.9. The maximum Gasteiger partial charge on any atom is 0.326 e. The molecule has 3 fully saturated rings. The molecule has 5 nitrogen and oxygen atoms in total. The fraction of sp³-hybridized carbons (Fsp3) is 0.846. The maximum atomic E-state index is 12.5. The number of aliphatic carboxylic acids is 1. The molecule has 0 aromatic heterocycles. The number of piperidine rings is 1. The summed E-state index contributed by atoms with van der Waals surface area (Å²) in [7, 11) is 0. The van der Waals surface area contributed by atoms with Crippen LogP contribution in [0.5, 0.6) is 0 Å². The second kappa shape index (κ2) is 4.14. The zero-order valence-electron chi connectivity index (χ0n) is 10.7. The minimum absolute atomic E-state index is 0.0426. The van der Waals surface area contributed by atoms with Crippen LogP contribution in [-0.2, 0) is 4.79 Å². The Morgan fingerprint density at radius 2 is 1.94 bits per heavy atom. The summed E-state index contributed by atoms with van der Waals surface area (Å²) in [6, 6.07) is -0.302. The number of rotatable bonds is 1. The average Bonchev–Trinajstić information content (AvgIpc) is 3.01. The smallest absolute Gasteiger partial charge is 0.326 e. The molecule has 5 heteroatoms. The van der Waals surface area contributed by atoms with E-state index in [-0.39, 0.29) is 11.9 Å². The van der Waals surface area contributed by atoms with Crippen LogP contribution in [0.2, 0.25) is 0 Å². The normalized spacial score (nSPS) is 38.5. The molecule has 100 valence electrons. The van der Waals surface area contributed by atoms with Crippen LogP contribution < -0.4 is 0 Å². The summed E-state index contributed by atoms with van der Waals surface area (Å²) in [4.78, 5) is 27.3. The molecule has 2 amide bonds. The molecule has 1 aliphatic carbocycles. The van der Waals surface area contributed by atoms with Crippen LogP contribution in [-0.4, -0.2) is 52.1 Å². The molecule has 3 aliphatic rings. The summed E-state index contributed by atoms with van der Waals surface area (Å²) in [5.41, 5.74) is 0. The molecule has 3 rings (SSSR count). The lowest BCUT2D eigenvalue weighted by molar-refractivity contribution is -0.142. The molecule has 2 heterocycles. The quantitative estimate of drug-likeness (QED) is 0.767. The summed E-state index contributed by atoms with van der Waals surface area (Å²) in [6.07, 6.45) is 4.24. The Balaban J connectivity index is 1.74. The first-order chi connectivity index (χ1) is 8.58. The highest BCUT2D eigenvalue weighted by Crippen LogP contribution is 2.39. The third-order valence-corrected chi connectivity index (χ3v) is 4.85. The number of nitrogens with zero attached hydrogens (tertiary/aromatic N) is 2. The Morgan fingerprint density at radius 1 is 1.17 bits per heavy atom. The van der Waals surface area contributed by atoms with Crippen molar-refractivity contribution < 1.29 is 14.7 Å². The molecular weight excluding hydrogens is 232 g/mol. The molecular formula is C13H20N2O3. The SMILES string of the molecule is CC1CCN(C(=O)N2CC3CCC2C3)C1C(=O)O. The predicted molar refractivity (Wildman–Crippen MR) is 65.1 cm³/mol. The van der Waals surface area contributed by atoms with E-state index in [4.69, 9.17) is 0 Å². The van der Waals surface area contributed by atoms with Crippen molar-refractivity contribution >= 4 is 12.0 Å². The van der Waals surface area contributed by atoms with Crippen LogP contribution in [0.1, 0.15) is 32.6 Å². The van der Waals surface area contributed by atoms with Crippen LogP contribution in [0.15, 0.2) is 0 Å². The van der Waals surface area contributed by atoms with Gasteiger partial charge < -0.3 is 14.9 Å². The zero-order valence-corrected chi connectivity index (χ0v) is 10.7. The summed E-state index contributed by atoms with van der Waals surface area (Å²) < 4.78 is 0. The third kappa shape index (κ3) is 1.68. The highest BCUT2D eigenvalue weighted by molar-refractivity contribution is 5.84. The summed E-state index contributed by atoms with van der Waals surface area (Å²) >= 11 is 0. The topological polar surface area (TPSA) is 60.9 Å². The standard InChI is InChI=1S/C13H20N2O3/c1-8-4-5-14(11(8)12(16)17)13(18)15-7-9-2-3-10(15)6-9/h8-11H,2-7H2,1H3,(H,16,17). The lowest BCUT2D eigenvalue weighted by Crippen LogP contribution is -2.51. The van der Waals surface area contributed by atoms with Crippen molar-refractivity contribution in [2.45, 2.75) is 44.7 Å². The van der Waals surface area contributed by atoms with Crippen LogP contribution >= 0.6 is 0 Å². The van der Waals surface area contributed by atoms with Crippen molar-refractivity contribution in [2.24, 2.45) is 11.8 Å². The highest BCUT2D eigenvalue weighted by Gasteiger charge is 2.46. The first-order valence-corrected chi connectivity index (χ1v) is 6.88. The molecule has 0 aromatic carbocycles. The van der Waals surface area contributed by atoms with Crippen molar-refractivity contribution in [1.29, 1.82) is 0 Å². The second-order valence-electron chi connectivity index (χ2n) is 6.01. The maximum absolute atomic E-state index is 12.5. The molecule has 2 bridgehead atoms. The first kappa shape index (κ1) is 11.8. The fourth-order valence-electron chi connectivity index (χ4n) is 3.86. The number of likely N-dealkylation sites (tertiary alicyclic amines) is 2. The van der Waals surface area contributed by atoms with Crippen molar-refractivity contribution in [2.75, 3.05) is 13.1 Å². The van der Waals surface area contributed by atoms with E-state index in [1.807, 2.05) is 11.8 Å². The Hall–Kier alpha value is -1.26. The Labute approximate surface area is 107 Å². The fourth-order valence-corrected chi connectivity index (χ4v) is 3.86. The van der Waals surface area contributed by atoms with Crippen molar-refractivity contribution in [3.8, 4) is 0 Å². The van der Waals surface area contributed by atoms with Gasteiger partial charge in [0.2, 0.25) is 0 Å². The number of fused-ring (bicyclic) bond motifs is 2. The molecule has 0 spiro atoms. The van der Waals surface area contributed by atoms with Crippen molar-refractivity contribution in [1.82, 2.24) is 9.80 Å². The molecule has 2 saturated heterocycles. The van der Waals surface area contributed by atoms with E-state index >= 15 is 0 Å². The van der Waals surface area contributed by atoms with Gasteiger partial charge in [0.1, 0.15) is 6.04 Å². The molecule has 0 radical (unpaired) electrons. The van der Waals surface area contributed by atoms with Gasteiger partial charge in [-0.15, -0.1) is 0 Å². The van der Waals surface area contributed by atoms with E-state index in [2.05, 4.69) is 0 Å². The van der Waals surface area contributed by atoms with Crippen LogP contribution in [0.25, 0.3) is 0 Å². The lowest BCUT2D eigenvalue weighted by atomic mass is 10.0. The summed E-state index contributed by atoms with van der Waals surface area (Å²) in [5.74, 6) is -0.147. The Bertz CT molecular complexity index is 384. The minimum Gasteiger partial charge on any atom is -0.480 e. The van der Waals surface area contributed by atoms with E-state index in [9.17, 15) is 14.7 Å². The number of carboxylic acid groups (broad SMARTS) is 1. The van der Waals surface area contributed by atoms with Crippen LogP contribution in [0, 0.1) is 11.8 Å². The van der Waals surface area contributed by atoms with E-state index in [1.165, 1.54) is 6.42 Å². The number of urea groups is 1. The van der Waals surface area contributed by atoms with E-state index < -0.39 is 12.0 Å². The van der Waals surface area contributed by atoms with E-state index in [0.717, 1.165) is 25.8 Å². The van der Waals surface area contributed by atoms with Gasteiger partial charge in [0.15, 0.2) is 0 Å². The summed E-state index contributed by atoms with van der Waals surface area (Å²) in [5, 5.41) is 9.27. The van der Waals surface area contributed by atoms with Gasteiger partial charge in [-0.05, 0) is 37.5 Å². The second-order valence-corrected chi connectivity index (χ2v) is 6.01. The highest BCUT2D eigenvalue weighted by atomic mass is 16.4. The van der Waals surface area contributed by atoms with Gasteiger partial charge in [-0.2, -0.15) is 0 Å². The van der Waals surface area contributed by atoms with Crippen LogP contribution in [0.3, 0.4) is 0 Å².